The fourth-order valence-corrected chi connectivity index (χ4v) is 5.19. The van der Waals surface area contributed by atoms with Gasteiger partial charge in [0.1, 0.15) is 17.0 Å². The third kappa shape index (κ3) is 5.68. The molecule has 3 N–H and O–H groups in total. The van der Waals surface area contributed by atoms with E-state index in [2.05, 4.69) is 69.3 Å². The minimum atomic E-state index is -0.501. The monoisotopic (exact) mass is 540 g/mol. The zero-order chi connectivity index (χ0) is 28.4. The van der Waals surface area contributed by atoms with Crippen LogP contribution in [0.2, 0.25) is 0 Å². The fourth-order valence-electron chi connectivity index (χ4n) is 5.19. The lowest BCUT2D eigenvalue weighted by Gasteiger charge is -2.28. The minimum absolute atomic E-state index is 0.0879. The van der Waals surface area contributed by atoms with Crippen molar-refractivity contribution in [3.63, 3.8) is 0 Å². The van der Waals surface area contributed by atoms with Crippen LogP contribution in [0.1, 0.15) is 58.9 Å². The molecule has 5 heterocycles. The van der Waals surface area contributed by atoms with Crippen molar-refractivity contribution in [1.29, 1.82) is 0 Å². The normalized spacial score (nSPS) is 15.4. The predicted octanol–water partition coefficient (Wildman–Crippen LogP) is 5.69. The molecule has 0 atom stereocenters. The van der Waals surface area contributed by atoms with Gasteiger partial charge in [-0.2, -0.15) is 5.10 Å². The van der Waals surface area contributed by atoms with Gasteiger partial charge in [0, 0.05) is 36.1 Å². The summed E-state index contributed by atoms with van der Waals surface area (Å²) in [6, 6.07) is 1.83. The van der Waals surface area contributed by atoms with Gasteiger partial charge in [-0.15, -0.1) is 0 Å². The highest BCUT2D eigenvalue weighted by molar-refractivity contribution is 5.95. The summed E-state index contributed by atoms with van der Waals surface area (Å²) in [4.78, 5) is 19.3. The van der Waals surface area contributed by atoms with E-state index in [0.29, 0.717) is 27.6 Å². The van der Waals surface area contributed by atoms with E-state index in [0.717, 1.165) is 60.5 Å². The molecule has 0 unspecified atom stereocenters. The molecule has 0 radical (unpaired) electrons. The maximum atomic E-state index is 16.3. The molecule has 1 saturated heterocycles. The lowest BCUT2D eigenvalue weighted by atomic mass is 9.91. The number of allylic oxidation sites excluding steroid dienone is 2. The third-order valence-electron chi connectivity index (χ3n) is 7.01. The topological polar surface area (TPSA) is 98.4 Å². The molecule has 1 aliphatic rings. The number of anilines is 2. The zero-order valence-electron chi connectivity index (χ0n) is 23.7. The van der Waals surface area contributed by atoms with Crippen molar-refractivity contribution in [2.75, 3.05) is 23.3 Å². The van der Waals surface area contributed by atoms with Crippen LogP contribution in [0.4, 0.5) is 15.8 Å². The molecule has 208 valence electrons. The van der Waals surface area contributed by atoms with Gasteiger partial charge in [-0.05, 0) is 44.1 Å². The molecule has 0 amide bonds. The first-order chi connectivity index (χ1) is 19.1. The second-order valence-electron chi connectivity index (χ2n) is 11.6. The first kappa shape index (κ1) is 27.3. The largest absolute Gasteiger partial charge is 0.368 e. The Hall–Kier alpha value is -4.27. The van der Waals surface area contributed by atoms with Crippen molar-refractivity contribution in [3.05, 3.63) is 65.8 Å². The predicted molar refractivity (Wildman–Crippen MR) is 162 cm³/mol. The Morgan fingerprint density at radius 1 is 1.10 bits per heavy atom. The maximum Gasteiger partial charge on any atom is 0.159 e. The van der Waals surface area contributed by atoms with Gasteiger partial charge in [0.25, 0.3) is 0 Å². The van der Waals surface area contributed by atoms with Gasteiger partial charge in [0.15, 0.2) is 5.82 Å². The van der Waals surface area contributed by atoms with Crippen molar-refractivity contribution in [3.8, 4) is 11.5 Å². The van der Waals surface area contributed by atoms with E-state index in [-0.39, 0.29) is 11.0 Å². The van der Waals surface area contributed by atoms with E-state index in [1.165, 1.54) is 6.42 Å². The van der Waals surface area contributed by atoms with Crippen molar-refractivity contribution >= 4 is 39.9 Å². The summed E-state index contributed by atoms with van der Waals surface area (Å²) in [6.45, 7) is 18.4. The van der Waals surface area contributed by atoms with Crippen LogP contribution in [0.15, 0.2) is 49.7 Å². The van der Waals surface area contributed by atoms with Gasteiger partial charge in [-0.1, -0.05) is 40.0 Å². The number of hydrogen-bond donors (Lipinski definition) is 3. The van der Waals surface area contributed by atoms with Crippen molar-refractivity contribution in [1.82, 2.24) is 30.1 Å². The van der Waals surface area contributed by atoms with Gasteiger partial charge < -0.3 is 15.2 Å². The van der Waals surface area contributed by atoms with Crippen molar-refractivity contribution < 1.29 is 4.39 Å². The molecule has 40 heavy (non-hydrogen) atoms. The summed E-state index contributed by atoms with van der Waals surface area (Å²) in [7, 11) is 0. The van der Waals surface area contributed by atoms with E-state index in [1.807, 2.05) is 19.2 Å². The van der Waals surface area contributed by atoms with Crippen LogP contribution in [-0.2, 0) is 0 Å². The van der Waals surface area contributed by atoms with E-state index in [9.17, 15) is 0 Å². The molecule has 0 bridgehead atoms. The average Bonchev–Trinajstić information content (AvgIpc) is 3.56. The Morgan fingerprint density at radius 3 is 2.58 bits per heavy atom. The second kappa shape index (κ2) is 11.1. The summed E-state index contributed by atoms with van der Waals surface area (Å²) in [5, 5.41) is 11.6. The van der Waals surface area contributed by atoms with E-state index >= 15 is 4.39 Å². The Kier molecular flexibility index (Phi) is 7.56. The SMILES string of the molecule is C=C(CC(C)(C)C)Nc1cncc(C(=C)/C(F)=c2/c(-c3nc4c(N5CCCCC5)cncc4[nH]3)n[nH]/c2=C/C)c1. The number of aromatic amines is 2. The standard InChI is InChI=1S/C31H37FN8/c1-7-23-26(27(32)20(3)21-13-22(16-33-15-21)35-19(2)14-31(4,5)6)29(39-38-23)30-36-24-17-34-18-25(28(24)37-30)40-11-9-8-10-12-40/h7,13,15-18,35,38H,2-3,8-12,14H2,1,4-6H3,(H,36,37)/b23-7+,27-26-. The summed E-state index contributed by atoms with van der Waals surface area (Å²) in [5.41, 5.74) is 5.40. The zero-order valence-corrected chi connectivity index (χ0v) is 23.7. The fraction of sp³-hybridized carbons (Fsp3) is 0.355. The van der Waals surface area contributed by atoms with Gasteiger partial charge >= 0.3 is 0 Å². The molecule has 0 aliphatic carbocycles. The lowest BCUT2D eigenvalue weighted by molar-refractivity contribution is 0.411. The highest BCUT2D eigenvalue weighted by Crippen LogP contribution is 2.30. The van der Waals surface area contributed by atoms with Crippen LogP contribution in [0.5, 0.6) is 0 Å². The number of nitrogens with zero attached hydrogens (tertiary/aromatic N) is 5. The highest BCUT2D eigenvalue weighted by atomic mass is 19.1. The Balaban J connectivity index is 1.53. The molecule has 9 heteroatoms. The van der Waals surface area contributed by atoms with Gasteiger partial charge in [-0.25, -0.2) is 9.37 Å². The highest BCUT2D eigenvalue weighted by Gasteiger charge is 2.20. The third-order valence-corrected chi connectivity index (χ3v) is 7.01. The molecule has 5 rings (SSSR count). The van der Waals surface area contributed by atoms with E-state index in [1.54, 1.807) is 24.7 Å². The molecule has 4 aromatic heterocycles. The number of fused-ring (bicyclic) bond motifs is 1. The number of H-pyrrole nitrogens is 2. The van der Waals surface area contributed by atoms with Gasteiger partial charge in [-0.3, -0.25) is 15.1 Å². The number of pyridine rings is 2. The Bertz CT molecular complexity index is 1680. The molecule has 1 fully saturated rings. The molecule has 0 saturated carbocycles. The van der Waals surface area contributed by atoms with Crippen molar-refractivity contribution in [2.45, 2.75) is 53.4 Å². The van der Waals surface area contributed by atoms with E-state index in [4.69, 9.17) is 4.98 Å². The van der Waals surface area contributed by atoms with Crippen LogP contribution in [-0.4, -0.2) is 43.2 Å². The molecular weight excluding hydrogens is 503 g/mol. The Morgan fingerprint density at radius 2 is 1.85 bits per heavy atom. The smallest absolute Gasteiger partial charge is 0.159 e. The Labute approximate surface area is 233 Å². The maximum absolute atomic E-state index is 16.3. The first-order valence-electron chi connectivity index (χ1n) is 13.7. The summed E-state index contributed by atoms with van der Waals surface area (Å²) >= 11 is 0. The van der Waals surface area contributed by atoms with Crippen LogP contribution < -0.4 is 20.8 Å². The number of rotatable bonds is 7. The number of aromatic nitrogens is 6. The summed E-state index contributed by atoms with van der Waals surface area (Å²) in [6.07, 6.45) is 13.0. The van der Waals surface area contributed by atoms with Gasteiger partial charge in [0.2, 0.25) is 0 Å². The second-order valence-corrected chi connectivity index (χ2v) is 11.6. The first-order valence-corrected chi connectivity index (χ1v) is 13.7. The molecular formula is C31H37FN8. The van der Waals surface area contributed by atoms with Crippen LogP contribution in [0.3, 0.4) is 0 Å². The van der Waals surface area contributed by atoms with Crippen LogP contribution >= 0.6 is 0 Å². The summed E-state index contributed by atoms with van der Waals surface area (Å²) in [5.74, 6) is -0.0327. The number of nitrogens with one attached hydrogen (secondary N) is 3. The number of hydrogen-bond acceptors (Lipinski definition) is 6. The van der Waals surface area contributed by atoms with Crippen molar-refractivity contribution in [2.24, 2.45) is 5.41 Å². The lowest BCUT2D eigenvalue weighted by Crippen LogP contribution is -2.29. The molecule has 4 aromatic rings. The van der Waals surface area contributed by atoms with E-state index < -0.39 is 5.83 Å². The minimum Gasteiger partial charge on any atom is -0.368 e. The summed E-state index contributed by atoms with van der Waals surface area (Å²) < 4.78 is 16.3. The molecule has 0 spiro atoms. The quantitative estimate of drug-likeness (QED) is 0.279. The number of halogens is 1. The molecule has 8 nitrogen and oxygen atoms in total. The number of imidazole rings is 1. The number of piperidine rings is 1. The van der Waals surface area contributed by atoms with Gasteiger partial charge in [0.05, 0.1) is 46.0 Å². The average molecular weight is 541 g/mol. The molecule has 0 aromatic carbocycles. The van der Waals surface area contributed by atoms with Crippen LogP contribution in [0.25, 0.3) is 40.0 Å². The van der Waals surface area contributed by atoms with Crippen LogP contribution in [0, 0.1) is 5.41 Å². The molecule has 1 aliphatic heterocycles.